The topological polar surface area (TPSA) is 45.2 Å². The lowest BCUT2D eigenvalue weighted by atomic mass is 9.94. The monoisotopic (exact) mass is 311 g/mol. The second kappa shape index (κ2) is 5.80. The number of carbonyl (C=O) groups excluding carboxylic acids is 1. The molecule has 1 fully saturated rings. The number of amides is 1. The van der Waals surface area contributed by atoms with Crippen molar-refractivity contribution in [1.29, 1.82) is 0 Å². The quantitative estimate of drug-likeness (QED) is 0.907. The lowest BCUT2D eigenvalue weighted by molar-refractivity contribution is 0.0878. The SMILES string of the molecule is CC1CN(C)CCC1NC(=O)c1ncccc1Br. The molecular formula is C13H18BrN3O. The summed E-state index contributed by atoms with van der Waals surface area (Å²) in [5, 5.41) is 3.09. The number of likely N-dealkylation sites (tertiary alicyclic amines) is 1. The Morgan fingerprint density at radius 3 is 3.06 bits per heavy atom. The van der Waals surface area contributed by atoms with E-state index in [2.05, 4.69) is 45.1 Å². The summed E-state index contributed by atoms with van der Waals surface area (Å²) in [4.78, 5) is 18.6. The molecule has 0 aromatic carbocycles. The Morgan fingerprint density at radius 1 is 1.61 bits per heavy atom. The molecule has 0 bridgehead atoms. The van der Waals surface area contributed by atoms with Gasteiger partial charge in [-0.3, -0.25) is 4.79 Å². The van der Waals surface area contributed by atoms with Gasteiger partial charge in [-0.15, -0.1) is 0 Å². The van der Waals surface area contributed by atoms with Crippen molar-refractivity contribution in [1.82, 2.24) is 15.2 Å². The van der Waals surface area contributed by atoms with E-state index in [4.69, 9.17) is 0 Å². The molecule has 5 heteroatoms. The Kier molecular flexibility index (Phi) is 4.35. The van der Waals surface area contributed by atoms with Crippen molar-refractivity contribution in [2.45, 2.75) is 19.4 Å². The third-order valence-corrected chi connectivity index (χ3v) is 4.04. The van der Waals surface area contributed by atoms with Gasteiger partial charge in [-0.1, -0.05) is 6.92 Å². The zero-order chi connectivity index (χ0) is 13.1. The van der Waals surface area contributed by atoms with E-state index in [0.29, 0.717) is 11.6 Å². The predicted octanol–water partition coefficient (Wildman–Crippen LogP) is 1.91. The molecule has 1 aromatic rings. The van der Waals surface area contributed by atoms with Gasteiger partial charge in [0.2, 0.25) is 0 Å². The van der Waals surface area contributed by atoms with Gasteiger partial charge in [0.1, 0.15) is 5.69 Å². The van der Waals surface area contributed by atoms with E-state index in [1.807, 2.05) is 6.07 Å². The van der Waals surface area contributed by atoms with Crippen LogP contribution in [-0.4, -0.2) is 42.0 Å². The number of rotatable bonds is 2. The molecule has 1 N–H and O–H groups in total. The molecule has 2 heterocycles. The average Bonchev–Trinajstić information content (AvgIpc) is 2.33. The van der Waals surface area contributed by atoms with E-state index >= 15 is 0 Å². The predicted molar refractivity (Wildman–Crippen MR) is 74.5 cm³/mol. The van der Waals surface area contributed by atoms with Crippen LogP contribution in [0, 0.1) is 5.92 Å². The van der Waals surface area contributed by atoms with Gasteiger partial charge >= 0.3 is 0 Å². The van der Waals surface area contributed by atoms with Crippen molar-refractivity contribution < 1.29 is 4.79 Å². The summed E-state index contributed by atoms with van der Waals surface area (Å²) in [5.41, 5.74) is 0.462. The highest BCUT2D eigenvalue weighted by atomic mass is 79.9. The van der Waals surface area contributed by atoms with Crippen LogP contribution in [0.15, 0.2) is 22.8 Å². The van der Waals surface area contributed by atoms with Gasteiger partial charge in [-0.05, 0) is 54.0 Å². The smallest absolute Gasteiger partial charge is 0.271 e. The highest BCUT2D eigenvalue weighted by Gasteiger charge is 2.26. The molecule has 1 aromatic heterocycles. The molecule has 1 aliphatic rings. The van der Waals surface area contributed by atoms with Gasteiger partial charge in [0.05, 0.1) is 0 Å². The third kappa shape index (κ3) is 3.09. The van der Waals surface area contributed by atoms with E-state index in [1.54, 1.807) is 12.3 Å². The molecule has 1 aliphatic heterocycles. The van der Waals surface area contributed by atoms with Gasteiger partial charge in [0.15, 0.2) is 0 Å². The summed E-state index contributed by atoms with van der Waals surface area (Å²) in [6.45, 7) is 4.22. The molecule has 2 rings (SSSR count). The average molecular weight is 312 g/mol. The van der Waals surface area contributed by atoms with E-state index < -0.39 is 0 Å². The first kappa shape index (κ1) is 13.5. The van der Waals surface area contributed by atoms with E-state index in [-0.39, 0.29) is 11.9 Å². The van der Waals surface area contributed by atoms with E-state index in [1.165, 1.54) is 0 Å². The van der Waals surface area contributed by atoms with Crippen LogP contribution in [0.25, 0.3) is 0 Å². The van der Waals surface area contributed by atoms with Crippen LogP contribution < -0.4 is 5.32 Å². The summed E-state index contributed by atoms with van der Waals surface area (Å²) < 4.78 is 0.739. The van der Waals surface area contributed by atoms with Gasteiger partial charge in [-0.25, -0.2) is 4.98 Å². The minimum atomic E-state index is -0.0936. The van der Waals surface area contributed by atoms with Crippen LogP contribution in [0.1, 0.15) is 23.8 Å². The first-order chi connectivity index (χ1) is 8.58. The second-order valence-electron chi connectivity index (χ2n) is 4.94. The number of hydrogen-bond donors (Lipinski definition) is 1. The van der Waals surface area contributed by atoms with Crippen LogP contribution in [0.5, 0.6) is 0 Å². The third-order valence-electron chi connectivity index (χ3n) is 3.40. The molecule has 1 amide bonds. The molecule has 2 atom stereocenters. The van der Waals surface area contributed by atoms with Crippen molar-refractivity contribution in [3.63, 3.8) is 0 Å². The highest BCUT2D eigenvalue weighted by molar-refractivity contribution is 9.10. The number of nitrogens with zero attached hydrogens (tertiary/aromatic N) is 2. The molecule has 2 unspecified atom stereocenters. The summed E-state index contributed by atoms with van der Waals surface area (Å²) in [7, 11) is 2.11. The number of hydrogen-bond acceptors (Lipinski definition) is 3. The Balaban J connectivity index is 2.02. The van der Waals surface area contributed by atoms with Crippen molar-refractivity contribution in [2.24, 2.45) is 5.92 Å². The standard InChI is InChI=1S/C13H18BrN3O/c1-9-8-17(2)7-5-11(9)16-13(18)12-10(14)4-3-6-15-12/h3-4,6,9,11H,5,7-8H2,1-2H3,(H,16,18). The van der Waals surface area contributed by atoms with Crippen molar-refractivity contribution in [3.05, 3.63) is 28.5 Å². The molecule has 98 valence electrons. The number of piperidine rings is 1. The summed E-state index contributed by atoms with van der Waals surface area (Å²) in [6.07, 6.45) is 2.63. The minimum Gasteiger partial charge on any atom is -0.348 e. The van der Waals surface area contributed by atoms with E-state index in [0.717, 1.165) is 24.0 Å². The maximum Gasteiger partial charge on any atom is 0.271 e. The molecule has 18 heavy (non-hydrogen) atoms. The Bertz CT molecular complexity index is 438. The number of pyridine rings is 1. The lowest BCUT2D eigenvalue weighted by Crippen LogP contribution is -2.49. The highest BCUT2D eigenvalue weighted by Crippen LogP contribution is 2.17. The number of nitrogens with one attached hydrogen (secondary N) is 1. The first-order valence-corrected chi connectivity index (χ1v) is 6.97. The molecule has 0 aliphatic carbocycles. The Hall–Kier alpha value is -0.940. The van der Waals surface area contributed by atoms with Crippen LogP contribution in [0.3, 0.4) is 0 Å². The van der Waals surface area contributed by atoms with Gasteiger partial charge in [0.25, 0.3) is 5.91 Å². The van der Waals surface area contributed by atoms with Crippen LogP contribution in [0.2, 0.25) is 0 Å². The number of aromatic nitrogens is 1. The van der Waals surface area contributed by atoms with Crippen molar-refractivity contribution in [2.75, 3.05) is 20.1 Å². The number of carbonyl (C=O) groups is 1. The lowest BCUT2D eigenvalue weighted by Gasteiger charge is -2.35. The molecule has 1 saturated heterocycles. The first-order valence-electron chi connectivity index (χ1n) is 6.18. The Labute approximate surface area is 116 Å². The maximum atomic E-state index is 12.1. The van der Waals surface area contributed by atoms with Gasteiger partial charge < -0.3 is 10.2 Å². The van der Waals surface area contributed by atoms with Crippen LogP contribution in [0.4, 0.5) is 0 Å². The molecule has 0 saturated carbocycles. The summed E-state index contributed by atoms with van der Waals surface area (Å²) >= 11 is 3.35. The molecular weight excluding hydrogens is 294 g/mol. The zero-order valence-corrected chi connectivity index (χ0v) is 12.3. The maximum absolute atomic E-state index is 12.1. The zero-order valence-electron chi connectivity index (χ0n) is 10.7. The Morgan fingerprint density at radius 2 is 2.39 bits per heavy atom. The van der Waals surface area contributed by atoms with Gasteiger partial charge in [-0.2, -0.15) is 0 Å². The normalized spacial score (nSPS) is 24.8. The van der Waals surface area contributed by atoms with E-state index in [9.17, 15) is 4.79 Å². The van der Waals surface area contributed by atoms with Crippen molar-refractivity contribution >= 4 is 21.8 Å². The molecule has 4 nitrogen and oxygen atoms in total. The fourth-order valence-corrected chi connectivity index (χ4v) is 2.79. The fourth-order valence-electron chi connectivity index (χ4n) is 2.36. The number of halogens is 1. The van der Waals surface area contributed by atoms with Crippen molar-refractivity contribution in [3.8, 4) is 0 Å². The molecule has 0 spiro atoms. The minimum absolute atomic E-state index is 0.0936. The van der Waals surface area contributed by atoms with Crippen LogP contribution >= 0.6 is 15.9 Å². The summed E-state index contributed by atoms with van der Waals surface area (Å²) in [5.74, 6) is 0.374. The van der Waals surface area contributed by atoms with Crippen LogP contribution in [-0.2, 0) is 0 Å². The fraction of sp³-hybridized carbons (Fsp3) is 0.538. The molecule has 0 radical (unpaired) electrons. The van der Waals surface area contributed by atoms with Gasteiger partial charge in [0, 0.05) is 23.3 Å². The summed E-state index contributed by atoms with van der Waals surface area (Å²) in [6, 6.07) is 3.88. The largest absolute Gasteiger partial charge is 0.348 e. The second-order valence-corrected chi connectivity index (χ2v) is 5.80.